The van der Waals surface area contributed by atoms with E-state index in [0.29, 0.717) is 5.92 Å². The van der Waals surface area contributed by atoms with Crippen LogP contribution in [0, 0.1) is 5.92 Å². The molecule has 0 aliphatic rings. The second kappa shape index (κ2) is 17.5. The lowest BCUT2D eigenvalue weighted by Crippen LogP contribution is -2.10. The molecule has 0 aliphatic carbocycles. The monoisotopic (exact) mass is 293 g/mol. The Labute approximate surface area is 134 Å². The molecule has 1 atom stereocenters. The summed E-state index contributed by atoms with van der Waals surface area (Å²) < 4.78 is 0. The van der Waals surface area contributed by atoms with Crippen molar-refractivity contribution in [1.82, 2.24) is 0 Å². The molecule has 0 spiro atoms. The van der Waals surface area contributed by atoms with Gasteiger partial charge in [-0.2, -0.15) is 0 Å². The van der Waals surface area contributed by atoms with Crippen molar-refractivity contribution in [3.05, 3.63) is 24.3 Å². The fourth-order valence-electron chi connectivity index (χ4n) is 2.42. The molecule has 0 saturated heterocycles. The lowest BCUT2D eigenvalue weighted by atomic mass is 10.0. The number of hydrogen-bond acceptors (Lipinski definition) is 1. The molecule has 0 aromatic carbocycles. The van der Waals surface area contributed by atoms with Crippen LogP contribution in [-0.4, -0.2) is 6.54 Å². The van der Waals surface area contributed by atoms with E-state index in [9.17, 15) is 0 Å². The molecule has 21 heavy (non-hydrogen) atoms. The minimum absolute atomic E-state index is 0.711. The van der Waals surface area contributed by atoms with Gasteiger partial charge in [-0.05, 0) is 51.0 Å². The molecule has 2 N–H and O–H groups in total. The van der Waals surface area contributed by atoms with Gasteiger partial charge in [0.15, 0.2) is 0 Å². The molecular weight excluding hydrogens is 254 g/mol. The van der Waals surface area contributed by atoms with Crippen LogP contribution in [0.4, 0.5) is 0 Å². The summed E-state index contributed by atoms with van der Waals surface area (Å²) in [6.45, 7) is 5.36. The zero-order valence-corrected chi connectivity index (χ0v) is 14.7. The lowest BCUT2D eigenvalue weighted by Gasteiger charge is -2.06. The van der Waals surface area contributed by atoms with Crippen LogP contribution in [0.5, 0.6) is 0 Å². The van der Waals surface area contributed by atoms with Crippen molar-refractivity contribution in [2.75, 3.05) is 6.54 Å². The van der Waals surface area contributed by atoms with Gasteiger partial charge in [-0.25, -0.2) is 0 Å². The third kappa shape index (κ3) is 17.4. The molecule has 0 radical (unpaired) electrons. The third-order valence-electron chi connectivity index (χ3n) is 4.05. The minimum Gasteiger partial charge on any atom is -0.330 e. The highest BCUT2D eigenvalue weighted by atomic mass is 14.5. The normalized spacial score (nSPS) is 13.5. The van der Waals surface area contributed by atoms with Crippen LogP contribution in [0.25, 0.3) is 0 Å². The smallest absolute Gasteiger partial charge is 0.00515 e. The number of nitrogens with two attached hydrogens (primary N) is 1. The predicted molar refractivity (Wildman–Crippen MR) is 97.6 cm³/mol. The van der Waals surface area contributed by atoms with E-state index in [-0.39, 0.29) is 0 Å². The second-order valence-corrected chi connectivity index (χ2v) is 6.36. The van der Waals surface area contributed by atoms with Crippen molar-refractivity contribution < 1.29 is 0 Å². The van der Waals surface area contributed by atoms with Gasteiger partial charge in [-0.1, -0.05) is 76.7 Å². The standard InChI is InChI=1S/C20H39N/c1-3-4-5-6-7-8-9-10-11-12-13-14-15-16-17-18-20(2)19-21/h7-8,10-11,20H,3-6,9,12-19,21H2,1-2H3/b8-7-,11-10-/t20-/m1/s1. The first kappa shape index (κ1) is 20.4. The van der Waals surface area contributed by atoms with Crippen molar-refractivity contribution >= 4 is 0 Å². The molecule has 0 bridgehead atoms. The molecule has 0 aliphatic heterocycles. The molecular formula is C20H39N. The van der Waals surface area contributed by atoms with Gasteiger partial charge in [-0.15, -0.1) is 0 Å². The SMILES string of the molecule is CCCCC/C=C\C/C=C\CCCCCCC[C@@H](C)CN. The molecule has 0 unspecified atom stereocenters. The summed E-state index contributed by atoms with van der Waals surface area (Å²) in [6, 6.07) is 0. The number of hydrogen-bond donors (Lipinski definition) is 1. The van der Waals surface area contributed by atoms with Crippen molar-refractivity contribution in [2.45, 2.75) is 90.9 Å². The van der Waals surface area contributed by atoms with E-state index < -0.39 is 0 Å². The first-order valence-electron chi connectivity index (χ1n) is 9.31. The molecule has 1 nitrogen and oxygen atoms in total. The van der Waals surface area contributed by atoms with Crippen LogP contribution in [0.15, 0.2) is 24.3 Å². The number of allylic oxidation sites excluding steroid dienone is 4. The summed E-state index contributed by atoms with van der Waals surface area (Å²) >= 11 is 0. The van der Waals surface area contributed by atoms with Crippen LogP contribution in [-0.2, 0) is 0 Å². The summed E-state index contributed by atoms with van der Waals surface area (Å²) in [5.41, 5.74) is 5.62. The van der Waals surface area contributed by atoms with Gasteiger partial charge in [0.1, 0.15) is 0 Å². The zero-order chi connectivity index (χ0) is 15.6. The van der Waals surface area contributed by atoms with Crippen molar-refractivity contribution in [3.8, 4) is 0 Å². The van der Waals surface area contributed by atoms with Crippen LogP contribution in [0.1, 0.15) is 90.9 Å². The Hall–Kier alpha value is -0.560. The Kier molecular flexibility index (Phi) is 17.0. The van der Waals surface area contributed by atoms with Crippen molar-refractivity contribution in [1.29, 1.82) is 0 Å². The quantitative estimate of drug-likeness (QED) is 0.274. The van der Waals surface area contributed by atoms with E-state index in [1.165, 1.54) is 70.6 Å². The van der Waals surface area contributed by atoms with Gasteiger partial charge in [-0.3, -0.25) is 0 Å². The minimum atomic E-state index is 0.711. The molecule has 0 aromatic heterocycles. The average Bonchev–Trinajstić information content (AvgIpc) is 2.50. The Balaban J connectivity index is 3.18. The van der Waals surface area contributed by atoms with Crippen LogP contribution in [0.3, 0.4) is 0 Å². The summed E-state index contributed by atoms with van der Waals surface area (Å²) in [7, 11) is 0. The molecule has 0 fully saturated rings. The highest BCUT2D eigenvalue weighted by Gasteiger charge is 1.97. The van der Waals surface area contributed by atoms with E-state index in [2.05, 4.69) is 38.2 Å². The molecule has 0 aromatic rings. The Morgan fingerprint density at radius 3 is 1.95 bits per heavy atom. The number of unbranched alkanes of at least 4 members (excludes halogenated alkanes) is 8. The average molecular weight is 294 g/mol. The van der Waals surface area contributed by atoms with Gasteiger partial charge in [0.05, 0.1) is 0 Å². The zero-order valence-electron chi connectivity index (χ0n) is 14.7. The molecule has 124 valence electrons. The van der Waals surface area contributed by atoms with Gasteiger partial charge < -0.3 is 5.73 Å². The summed E-state index contributed by atoms with van der Waals surface area (Å²) in [5.74, 6) is 0.711. The second-order valence-electron chi connectivity index (χ2n) is 6.36. The van der Waals surface area contributed by atoms with Crippen LogP contribution < -0.4 is 5.73 Å². The molecule has 0 amide bonds. The fraction of sp³-hybridized carbons (Fsp3) is 0.800. The maximum absolute atomic E-state index is 5.62. The van der Waals surface area contributed by atoms with E-state index in [1.54, 1.807) is 0 Å². The Morgan fingerprint density at radius 2 is 1.33 bits per heavy atom. The third-order valence-corrected chi connectivity index (χ3v) is 4.05. The number of rotatable bonds is 15. The van der Waals surface area contributed by atoms with Crippen molar-refractivity contribution in [3.63, 3.8) is 0 Å². The van der Waals surface area contributed by atoms with E-state index in [1.807, 2.05) is 0 Å². The maximum Gasteiger partial charge on any atom is -0.00515 e. The largest absolute Gasteiger partial charge is 0.330 e. The Morgan fingerprint density at radius 1 is 0.762 bits per heavy atom. The summed E-state index contributed by atoms with van der Waals surface area (Å²) in [6.07, 6.45) is 25.1. The molecule has 0 heterocycles. The first-order chi connectivity index (χ1) is 10.3. The van der Waals surface area contributed by atoms with Gasteiger partial charge in [0.2, 0.25) is 0 Å². The Bertz CT molecular complexity index is 242. The lowest BCUT2D eigenvalue weighted by molar-refractivity contribution is 0.492. The fourth-order valence-corrected chi connectivity index (χ4v) is 2.42. The highest BCUT2D eigenvalue weighted by molar-refractivity contribution is 4.92. The maximum atomic E-state index is 5.62. The topological polar surface area (TPSA) is 26.0 Å². The van der Waals surface area contributed by atoms with Crippen LogP contribution in [0.2, 0.25) is 0 Å². The van der Waals surface area contributed by atoms with Gasteiger partial charge in [0, 0.05) is 0 Å². The first-order valence-corrected chi connectivity index (χ1v) is 9.31. The summed E-state index contributed by atoms with van der Waals surface area (Å²) in [4.78, 5) is 0. The molecule has 0 rings (SSSR count). The van der Waals surface area contributed by atoms with Crippen molar-refractivity contribution in [2.24, 2.45) is 11.7 Å². The molecule has 0 saturated carbocycles. The van der Waals surface area contributed by atoms with E-state index in [0.717, 1.165) is 13.0 Å². The highest BCUT2D eigenvalue weighted by Crippen LogP contribution is 2.11. The van der Waals surface area contributed by atoms with Gasteiger partial charge in [0.25, 0.3) is 0 Å². The predicted octanol–water partition coefficient (Wildman–Crippen LogP) is 6.39. The van der Waals surface area contributed by atoms with E-state index >= 15 is 0 Å². The van der Waals surface area contributed by atoms with Crippen LogP contribution >= 0.6 is 0 Å². The summed E-state index contributed by atoms with van der Waals surface area (Å²) in [5, 5.41) is 0. The van der Waals surface area contributed by atoms with Gasteiger partial charge >= 0.3 is 0 Å². The molecule has 1 heteroatoms. The van der Waals surface area contributed by atoms with E-state index in [4.69, 9.17) is 5.73 Å².